The van der Waals surface area contributed by atoms with Gasteiger partial charge in [0.15, 0.2) is 6.10 Å². The lowest BCUT2D eigenvalue weighted by atomic mass is 10.2. The zero-order valence-electron chi connectivity index (χ0n) is 11.9. The number of carbonyl (C=O) groups excluding carboxylic acids is 1. The number of amides is 1. The maximum Gasteiger partial charge on any atom is 0.261 e. The molecule has 0 aliphatic heterocycles. The number of halogens is 1. The second-order valence-electron chi connectivity index (χ2n) is 4.70. The molecule has 0 saturated carbocycles. The fraction of sp³-hybridized carbons (Fsp3) is 0.250. The second kappa shape index (κ2) is 7.22. The van der Waals surface area contributed by atoms with E-state index in [1.807, 2.05) is 49.4 Å². The minimum absolute atomic E-state index is 0.158. The van der Waals surface area contributed by atoms with Crippen LogP contribution in [0.2, 0.25) is 0 Å². The normalized spacial score (nSPS) is 13.3. The van der Waals surface area contributed by atoms with Crippen LogP contribution in [0, 0.1) is 0 Å². The lowest BCUT2D eigenvalue weighted by Gasteiger charge is -2.18. The summed E-state index contributed by atoms with van der Waals surface area (Å²) in [6.07, 6.45) is 1.14. The first kappa shape index (κ1) is 15.5. The van der Waals surface area contributed by atoms with E-state index in [0.29, 0.717) is 5.75 Å². The zero-order valence-corrected chi connectivity index (χ0v) is 13.5. The van der Waals surface area contributed by atoms with Gasteiger partial charge in [-0.25, -0.2) is 0 Å². The van der Waals surface area contributed by atoms with E-state index < -0.39 is 6.10 Å². The minimum atomic E-state index is -0.572. The van der Waals surface area contributed by atoms with Crippen molar-refractivity contribution in [3.8, 4) is 5.75 Å². The summed E-state index contributed by atoms with van der Waals surface area (Å²) in [5.41, 5.74) is 0.821. The fourth-order valence-corrected chi connectivity index (χ4v) is 2.07. The highest BCUT2D eigenvalue weighted by Gasteiger charge is 2.18. The molecule has 0 fully saturated rings. The summed E-state index contributed by atoms with van der Waals surface area (Å²) in [7, 11) is 0. The van der Waals surface area contributed by atoms with E-state index in [9.17, 15) is 4.79 Å². The first-order chi connectivity index (χ1) is 10.1. The number of hydrogen-bond donors (Lipinski definition) is 1. The monoisotopic (exact) mass is 348 g/mol. The van der Waals surface area contributed by atoms with E-state index >= 15 is 0 Å². The molecule has 0 saturated heterocycles. The lowest BCUT2D eigenvalue weighted by molar-refractivity contribution is -0.127. The summed E-state index contributed by atoms with van der Waals surface area (Å²) in [5, 5.41) is 2.89. The molecule has 21 heavy (non-hydrogen) atoms. The number of carbonyl (C=O) groups is 1. The minimum Gasteiger partial charge on any atom is -0.481 e. The van der Waals surface area contributed by atoms with Crippen molar-refractivity contribution in [2.75, 3.05) is 0 Å². The van der Waals surface area contributed by atoms with Crippen LogP contribution in [0.4, 0.5) is 0 Å². The average Bonchev–Trinajstić information content (AvgIpc) is 2.50. The van der Waals surface area contributed by atoms with E-state index in [0.717, 1.165) is 10.2 Å². The van der Waals surface area contributed by atoms with E-state index in [1.165, 1.54) is 0 Å². The largest absolute Gasteiger partial charge is 0.481 e. The molecule has 0 radical (unpaired) electrons. The molecule has 1 amide bonds. The van der Waals surface area contributed by atoms with Crippen molar-refractivity contribution in [1.29, 1.82) is 0 Å². The highest BCUT2D eigenvalue weighted by Crippen LogP contribution is 2.17. The van der Waals surface area contributed by atoms with Crippen LogP contribution in [0.15, 0.2) is 53.1 Å². The average molecular weight is 349 g/mol. The molecule has 0 unspecified atom stereocenters. The molecule has 0 aliphatic rings. The van der Waals surface area contributed by atoms with Crippen molar-refractivity contribution in [3.63, 3.8) is 0 Å². The Morgan fingerprint density at radius 1 is 1.19 bits per heavy atom. The lowest BCUT2D eigenvalue weighted by Crippen LogP contribution is -2.38. The summed E-state index contributed by atoms with van der Waals surface area (Å²) in [5.74, 6) is 0.488. The van der Waals surface area contributed by atoms with Crippen LogP contribution in [0.1, 0.15) is 25.6 Å². The van der Waals surface area contributed by atoms with E-state index in [1.54, 1.807) is 13.1 Å². The smallest absolute Gasteiger partial charge is 0.261 e. The molecule has 1 aromatic carbocycles. The second-order valence-corrected chi connectivity index (χ2v) is 5.61. The molecule has 2 atom stereocenters. The molecule has 1 heterocycles. The highest BCUT2D eigenvalue weighted by molar-refractivity contribution is 9.10. The number of aromatic nitrogens is 1. The third-order valence-corrected chi connectivity index (χ3v) is 3.51. The zero-order chi connectivity index (χ0) is 15.2. The van der Waals surface area contributed by atoms with Gasteiger partial charge in [0, 0.05) is 10.7 Å². The van der Waals surface area contributed by atoms with E-state index in [4.69, 9.17) is 4.74 Å². The third-order valence-electron chi connectivity index (χ3n) is 2.99. The first-order valence-corrected chi connectivity index (χ1v) is 7.49. The van der Waals surface area contributed by atoms with Crippen molar-refractivity contribution < 1.29 is 9.53 Å². The number of ether oxygens (including phenoxy) is 1. The Balaban J connectivity index is 1.92. The first-order valence-electron chi connectivity index (χ1n) is 6.70. The van der Waals surface area contributed by atoms with Gasteiger partial charge in [-0.15, -0.1) is 0 Å². The van der Waals surface area contributed by atoms with Gasteiger partial charge in [-0.3, -0.25) is 9.78 Å². The molecule has 0 aliphatic carbocycles. The standard InChI is InChI=1S/C16H17BrN2O2/c1-11(15-5-3-4-10-18-15)19-16(20)12(2)21-14-8-6-13(17)7-9-14/h3-12H,1-2H3,(H,19,20)/t11-,12+/m0/s1. The number of nitrogens with one attached hydrogen (secondary N) is 1. The molecule has 110 valence electrons. The highest BCUT2D eigenvalue weighted by atomic mass is 79.9. The molecule has 2 rings (SSSR count). The Bertz CT molecular complexity index is 587. The van der Waals surface area contributed by atoms with Crippen molar-refractivity contribution >= 4 is 21.8 Å². The summed E-state index contributed by atoms with van der Waals surface area (Å²) in [6.45, 7) is 3.62. The predicted molar refractivity (Wildman–Crippen MR) is 85.0 cm³/mol. The van der Waals surface area contributed by atoms with Gasteiger partial charge in [-0.1, -0.05) is 22.0 Å². The fourth-order valence-electron chi connectivity index (χ4n) is 1.81. The van der Waals surface area contributed by atoms with Crippen LogP contribution in [0.5, 0.6) is 5.75 Å². The van der Waals surface area contributed by atoms with E-state index in [-0.39, 0.29) is 11.9 Å². The Hall–Kier alpha value is -1.88. The van der Waals surface area contributed by atoms with Crippen LogP contribution >= 0.6 is 15.9 Å². The van der Waals surface area contributed by atoms with E-state index in [2.05, 4.69) is 26.2 Å². The van der Waals surface area contributed by atoms with Gasteiger partial charge in [0.25, 0.3) is 5.91 Å². The van der Waals surface area contributed by atoms with Crippen molar-refractivity contribution in [1.82, 2.24) is 10.3 Å². The molecule has 4 nitrogen and oxygen atoms in total. The van der Waals surface area contributed by atoms with Gasteiger partial charge in [0.05, 0.1) is 11.7 Å². The van der Waals surface area contributed by atoms with Crippen LogP contribution < -0.4 is 10.1 Å². The summed E-state index contributed by atoms with van der Waals surface area (Å²) in [4.78, 5) is 16.3. The molecule has 1 N–H and O–H groups in total. The molecule has 0 bridgehead atoms. The molecular weight excluding hydrogens is 332 g/mol. The van der Waals surface area contributed by atoms with Crippen LogP contribution in [0.3, 0.4) is 0 Å². The Morgan fingerprint density at radius 3 is 2.52 bits per heavy atom. The number of pyridine rings is 1. The number of hydrogen-bond acceptors (Lipinski definition) is 3. The summed E-state index contributed by atoms with van der Waals surface area (Å²) >= 11 is 3.36. The van der Waals surface area contributed by atoms with Crippen molar-refractivity contribution in [2.45, 2.75) is 26.0 Å². The molecular formula is C16H17BrN2O2. The third kappa shape index (κ3) is 4.56. The maximum absolute atomic E-state index is 12.1. The SMILES string of the molecule is C[C@H](NC(=O)[C@@H](C)Oc1ccc(Br)cc1)c1ccccn1. The molecule has 5 heteroatoms. The quantitative estimate of drug-likeness (QED) is 0.899. The predicted octanol–water partition coefficient (Wildman–Crippen LogP) is 3.49. The van der Waals surface area contributed by atoms with Gasteiger partial charge >= 0.3 is 0 Å². The Morgan fingerprint density at radius 2 is 1.90 bits per heavy atom. The maximum atomic E-state index is 12.1. The Kier molecular flexibility index (Phi) is 5.33. The molecule has 2 aromatic rings. The number of benzene rings is 1. The number of rotatable bonds is 5. The van der Waals surface area contributed by atoms with Gasteiger partial charge in [-0.05, 0) is 50.2 Å². The summed E-state index contributed by atoms with van der Waals surface area (Å²) < 4.78 is 6.58. The summed E-state index contributed by atoms with van der Waals surface area (Å²) in [6, 6.07) is 12.8. The Labute approximate surface area is 132 Å². The van der Waals surface area contributed by atoms with Gasteiger partial charge in [-0.2, -0.15) is 0 Å². The van der Waals surface area contributed by atoms with Crippen LogP contribution in [-0.4, -0.2) is 17.0 Å². The molecule has 1 aromatic heterocycles. The van der Waals surface area contributed by atoms with Crippen LogP contribution in [-0.2, 0) is 4.79 Å². The van der Waals surface area contributed by atoms with Gasteiger partial charge in [0.1, 0.15) is 5.75 Å². The van der Waals surface area contributed by atoms with Crippen LogP contribution in [0.25, 0.3) is 0 Å². The van der Waals surface area contributed by atoms with Crippen molar-refractivity contribution in [2.24, 2.45) is 0 Å². The van der Waals surface area contributed by atoms with Crippen molar-refractivity contribution in [3.05, 3.63) is 58.8 Å². The number of nitrogens with zero attached hydrogens (tertiary/aromatic N) is 1. The molecule has 0 spiro atoms. The topological polar surface area (TPSA) is 51.2 Å². The van der Waals surface area contributed by atoms with Gasteiger partial charge in [0.2, 0.25) is 0 Å². The van der Waals surface area contributed by atoms with Gasteiger partial charge < -0.3 is 10.1 Å².